The number of nitrogens with one attached hydrogen (secondary N) is 1. The number of carbonyl (C=O) groups is 2. The van der Waals surface area contributed by atoms with Gasteiger partial charge in [0, 0.05) is 6.61 Å². The Hall–Kier alpha value is -1.10. The first-order valence-corrected chi connectivity index (χ1v) is 5.37. The Balaban J connectivity index is 2.09. The van der Waals surface area contributed by atoms with Gasteiger partial charge in [0.05, 0.1) is 19.2 Å². The van der Waals surface area contributed by atoms with Crippen molar-refractivity contribution in [3.8, 4) is 0 Å². The van der Waals surface area contributed by atoms with E-state index < -0.39 is 0 Å². The van der Waals surface area contributed by atoms with Crippen molar-refractivity contribution in [1.29, 1.82) is 0 Å². The number of hydrogen-bond donors (Lipinski definition) is 1. The van der Waals surface area contributed by atoms with E-state index in [1.165, 1.54) is 0 Å². The van der Waals surface area contributed by atoms with Crippen LogP contribution in [-0.2, 0) is 14.3 Å². The minimum atomic E-state index is -0.363. The molecule has 2 heterocycles. The topological polar surface area (TPSA) is 58.6 Å². The summed E-state index contributed by atoms with van der Waals surface area (Å²) in [5.41, 5.74) is 0. The van der Waals surface area contributed by atoms with Crippen molar-refractivity contribution in [2.24, 2.45) is 0 Å². The van der Waals surface area contributed by atoms with E-state index >= 15 is 0 Å². The highest BCUT2D eigenvalue weighted by atomic mass is 16.5. The average Bonchev–Trinajstić information content (AvgIpc) is 2.26. The molecule has 2 saturated heterocycles. The van der Waals surface area contributed by atoms with Gasteiger partial charge in [-0.1, -0.05) is 0 Å². The second kappa shape index (κ2) is 4.18. The molecule has 2 aliphatic heterocycles. The van der Waals surface area contributed by atoms with Crippen LogP contribution in [0.4, 0.5) is 0 Å². The Labute approximate surface area is 88.8 Å². The summed E-state index contributed by atoms with van der Waals surface area (Å²) in [6.07, 6.45) is 1.89. The van der Waals surface area contributed by atoms with E-state index in [1.54, 1.807) is 11.8 Å². The Morgan fingerprint density at radius 2 is 2.27 bits per heavy atom. The number of piperazine rings is 1. The molecular weight excluding hydrogens is 196 g/mol. The molecule has 5 heteroatoms. The third-order valence-corrected chi connectivity index (χ3v) is 3.03. The van der Waals surface area contributed by atoms with Gasteiger partial charge in [-0.25, -0.2) is 0 Å². The summed E-state index contributed by atoms with van der Waals surface area (Å²) in [7, 11) is 0. The van der Waals surface area contributed by atoms with Gasteiger partial charge in [-0.3, -0.25) is 9.59 Å². The highest BCUT2D eigenvalue weighted by Gasteiger charge is 2.36. The molecule has 0 spiro atoms. The molecule has 2 rings (SSSR count). The maximum atomic E-state index is 11.7. The highest BCUT2D eigenvalue weighted by Crippen LogP contribution is 2.18. The largest absolute Gasteiger partial charge is 0.379 e. The standard InChI is InChI=1S/C10H16N2O3/c1-7-10(14)11-5-9(13)12(7)8-3-2-4-15-6-8/h7-8H,2-6H2,1H3,(H,11,14). The molecule has 2 fully saturated rings. The van der Waals surface area contributed by atoms with Gasteiger partial charge >= 0.3 is 0 Å². The molecule has 0 aliphatic carbocycles. The molecule has 2 unspecified atom stereocenters. The minimum absolute atomic E-state index is 0.00222. The van der Waals surface area contributed by atoms with Crippen molar-refractivity contribution in [1.82, 2.24) is 10.2 Å². The van der Waals surface area contributed by atoms with Crippen LogP contribution < -0.4 is 5.32 Å². The molecule has 5 nitrogen and oxygen atoms in total. The lowest BCUT2D eigenvalue weighted by molar-refractivity contribution is -0.150. The number of rotatable bonds is 1. The van der Waals surface area contributed by atoms with Crippen molar-refractivity contribution in [2.45, 2.75) is 31.8 Å². The fourth-order valence-corrected chi connectivity index (χ4v) is 2.21. The van der Waals surface area contributed by atoms with Crippen LogP contribution in [0.1, 0.15) is 19.8 Å². The van der Waals surface area contributed by atoms with E-state index in [0.717, 1.165) is 19.4 Å². The quantitative estimate of drug-likeness (QED) is 0.638. The summed E-state index contributed by atoms with van der Waals surface area (Å²) < 4.78 is 5.34. The molecule has 0 aromatic carbocycles. The van der Waals surface area contributed by atoms with Gasteiger partial charge in [0.15, 0.2) is 0 Å². The number of hydrogen-bond acceptors (Lipinski definition) is 3. The van der Waals surface area contributed by atoms with Gasteiger partial charge in [0.2, 0.25) is 11.8 Å². The lowest BCUT2D eigenvalue weighted by Crippen LogP contribution is -2.61. The molecule has 2 amide bonds. The SMILES string of the molecule is CC1C(=O)NCC(=O)N1C1CCCOC1. The molecule has 0 aromatic rings. The molecule has 2 atom stereocenters. The number of carbonyl (C=O) groups excluding carboxylic acids is 2. The summed E-state index contributed by atoms with van der Waals surface area (Å²) in [6.45, 7) is 3.21. The molecule has 0 aromatic heterocycles. The van der Waals surface area contributed by atoms with Crippen molar-refractivity contribution >= 4 is 11.8 Å². The lowest BCUT2D eigenvalue weighted by Gasteiger charge is -2.40. The fraction of sp³-hybridized carbons (Fsp3) is 0.800. The zero-order chi connectivity index (χ0) is 10.8. The molecule has 0 bridgehead atoms. The van der Waals surface area contributed by atoms with Crippen molar-refractivity contribution in [3.05, 3.63) is 0 Å². The summed E-state index contributed by atoms with van der Waals surface area (Å²) in [5, 5.41) is 2.58. The van der Waals surface area contributed by atoms with Crippen LogP contribution >= 0.6 is 0 Å². The zero-order valence-electron chi connectivity index (χ0n) is 8.86. The number of ether oxygens (including phenoxy) is 1. The fourth-order valence-electron chi connectivity index (χ4n) is 2.21. The monoisotopic (exact) mass is 212 g/mol. The summed E-state index contributed by atoms with van der Waals surface area (Å²) in [6, 6.07) is -0.287. The Kier molecular flexibility index (Phi) is 2.90. The first-order chi connectivity index (χ1) is 7.20. The van der Waals surface area contributed by atoms with E-state index in [-0.39, 0.29) is 30.4 Å². The van der Waals surface area contributed by atoms with Crippen LogP contribution in [0.5, 0.6) is 0 Å². The first-order valence-electron chi connectivity index (χ1n) is 5.37. The average molecular weight is 212 g/mol. The zero-order valence-corrected chi connectivity index (χ0v) is 8.86. The Bertz CT molecular complexity index is 274. The molecule has 0 radical (unpaired) electrons. The molecular formula is C10H16N2O3. The Morgan fingerprint density at radius 3 is 2.93 bits per heavy atom. The summed E-state index contributed by atoms with van der Waals surface area (Å²) in [5.74, 6) is -0.0715. The summed E-state index contributed by atoms with van der Waals surface area (Å²) in [4.78, 5) is 24.8. The number of nitrogens with zero attached hydrogens (tertiary/aromatic N) is 1. The maximum Gasteiger partial charge on any atom is 0.242 e. The molecule has 1 N–H and O–H groups in total. The van der Waals surface area contributed by atoms with E-state index in [4.69, 9.17) is 4.74 Å². The predicted octanol–water partition coefficient (Wildman–Crippen LogP) is -0.488. The van der Waals surface area contributed by atoms with E-state index in [9.17, 15) is 9.59 Å². The highest BCUT2D eigenvalue weighted by molar-refractivity contribution is 5.94. The van der Waals surface area contributed by atoms with Gasteiger partial charge in [-0.15, -0.1) is 0 Å². The van der Waals surface area contributed by atoms with Crippen LogP contribution in [-0.4, -0.2) is 48.6 Å². The van der Waals surface area contributed by atoms with E-state index in [0.29, 0.717) is 6.61 Å². The first kappa shape index (κ1) is 10.4. The van der Waals surface area contributed by atoms with Crippen molar-refractivity contribution < 1.29 is 14.3 Å². The predicted molar refractivity (Wildman–Crippen MR) is 53.2 cm³/mol. The van der Waals surface area contributed by atoms with Gasteiger partial charge in [-0.05, 0) is 19.8 Å². The van der Waals surface area contributed by atoms with Gasteiger partial charge < -0.3 is 15.0 Å². The van der Waals surface area contributed by atoms with Gasteiger partial charge in [0.1, 0.15) is 6.04 Å². The van der Waals surface area contributed by atoms with Crippen LogP contribution in [0.3, 0.4) is 0 Å². The van der Waals surface area contributed by atoms with Crippen LogP contribution in [0, 0.1) is 0 Å². The smallest absolute Gasteiger partial charge is 0.242 e. The second-order valence-electron chi connectivity index (χ2n) is 4.07. The Morgan fingerprint density at radius 1 is 1.47 bits per heavy atom. The van der Waals surface area contributed by atoms with Crippen LogP contribution in [0.25, 0.3) is 0 Å². The number of amides is 2. The molecule has 2 aliphatic rings. The maximum absolute atomic E-state index is 11.7. The van der Waals surface area contributed by atoms with Crippen molar-refractivity contribution in [2.75, 3.05) is 19.8 Å². The molecule has 0 saturated carbocycles. The lowest BCUT2D eigenvalue weighted by atomic mass is 10.0. The van der Waals surface area contributed by atoms with Crippen LogP contribution in [0.15, 0.2) is 0 Å². The minimum Gasteiger partial charge on any atom is -0.379 e. The summed E-state index contributed by atoms with van der Waals surface area (Å²) >= 11 is 0. The third-order valence-electron chi connectivity index (χ3n) is 3.03. The molecule has 15 heavy (non-hydrogen) atoms. The van der Waals surface area contributed by atoms with Crippen LogP contribution in [0.2, 0.25) is 0 Å². The normalized spacial score (nSPS) is 32.7. The van der Waals surface area contributed by atoms with Crippen molar-refractivity contribution in [3.63, 3.8) is 0 Å². The van der Waals surface area contributed by atoms with Gasteiger partial charge in [-0.2, -0.15) is 0 Å². The van der Waals surface area contributed by atoms with E-state index in [1.807, 2.05) is 0 Å². The second-order valence-corrected chi connectivity index (χ2v) is 4.07. The molecule has 84 valence electrons. The van der Waals surface area contributed by atoms with E-state index in [2.05, 4.69) is 5.32 Å². The third kappa shape index (κ3) is 1.97. The van der Waals surface area contributed by atoms with Gasteiger partial charge in [0.25, 0.3) is 0 Å².